The molecule has 16 heavy (non-hydrogen) atoms. The van der Waals surface area contributed by atoms with E-state index in [1.54, 1.807) is 0 Å². The molecular weight excluding hydrogens is 218 g/mol. The van der Waals surface area contributed by atoms with E-state index in [1.807, 2.05) is 4.90 Å². The number of rotatable bonds is 4. The van der Waals surface area contributed by atoms with Crippen LogP contribution in [0.15, 0.2) is 0 Å². The number of alkyl halides is 2. The van der Waals surface area contributed by atoms with Gasteiger partial charge < -0.3 is 4.90 Å². The maximum Gasteiger partial charge on any atom is 0.258 e. The molecule has 1 aliphatic heterocycles. The number of carbonyl (C=O) groups excluding carboxylic acids is 1. The van der Waals surface area contributed by atoms with E-state index in [2.05, 4.69) is 10.1 Å². The summed E-state index contributed by atoms with van der Waals surface area (Å²) >= 11 is 0. The van der Waals surface area contributed by atoms with Crippen LogP contribution in [0, 0.1) is 0 Å². The molecule has 0 amide bonds. The van der Waals surface area contributed by atoms with Crippen molar-refractivity contribution in [1.82, 2.24) is 14.8 Å². The van der Waals surface area contributed by atoms with E-state index in [0.29, 0.717) is 12.2 Å². The minimum atomic E-state index is -2.54. The van der Waals surface area contributed by atoms with Gasteiger partial charge in [-0.25, -0.2) is 13.5 Å². The van der Waals surface area contributed by atoms with Crippen molar-refractivity contribution >= 4 is 12.2 Å². The highest BCUT2D eigenvalue weighted by Crippen LogP contribution is 2.16. The highest BCUT2D eigenvalue weighted by atomic mass is 19.3. The quantitative estimate of drug-likeness (QED) is 0.723. The van der Waals surface area contributed by atoms with Gasteiger partial charge in [0.15, 0.2) is 12.1 Å². The zero-order chi connectivity index (χ0) is 11.5. The Kier molecular flexibility index (Phi) is 3.12. The number of anilines is 1. The average molecular weight is 230 g/mol. The van der Waals surface area contributed by atoms with Crippen LogP contribution in [0.3, 0.4) is 0 Å². The molecule has 0 N–H and O–H groups in total. The number of nitrogens with zero attached hydrogens (tertiary/aromatic N) is 4. The molecule has 0 aromatic carbocycles. The van der Waals surface area contributed by atoms with E-state index in [0.717, 1.165) is 30.6 Å². The van der Waals surface area contributed by atoms with Crippen LogP contribution in [0.1, 0.15) is 23.5 Å². The summed E-state index contributed by atoms with van der Waals surface area (Å²) in [5, 5.41) is 3.92. The molecule has 1 fully saturated rings. The molecule has 7 heteroatoms. The molecule has 0 aliphatic carbocycles. The minimum absolute atomic E-state index is 0.0396. The van der Waals surface area contributed by atoms with Gasteiger partial charge in [-0.1, -0.05) is 0 Å². The molecule has 1 saturated heterocycles. The van der Waals surface area contributed by atoms with Gasteiger partial charge in [-0.05, 0) is 12.8 Å². The first-order valence-electron chi connectivity index (χ1n) is 5.14. The van der Waals surface area contributed by atoms with E-state index in [-0.39, 0.29) is 5.82 Å². The lowest BCUT2D eigenvalue weighted by molar-refractivity contribution is 0.107. The molecular formula is C9H12F2N4O. The van der Waals surface area contributed by atoms with Crippen LogP contribution in [0.4, 0.5) is 14.7 Å². The summed E-state index contributed by atoms with van der Waals surface area (Å²) < 4.78 is 25.4. The van der Waals surface area contributed by atoms with Gasteiger partial charge in [0, 0.05) is 13.1 Å². The molecule has 88 valence electrons. The third-order valence-corrected chi connectivity index (χ3v) is 2.49. The zero-order valence-corrected chi connectivity index (χ0v) is 8.64. The van der Waals surface area contributed by atoms with Crippen LogP contribution in [-0.4, -0.2) is 40.6 Å². The van der Waals surface area contributed by atoms with Crippen molar-refractivity contribution in [1.29, 1.82) is 0 Å². The summed E-state index contributed by atoms with van der Waals surface area (Å²) in [4.78, 5) is 16.5. The van der Waals surface area contributed by atoms with E-state index < -0.39 is 13.0 Å². The predicted molar refractivity (Wildman–Crippen MR) is 52.9 cm³/mol. The fraction of sp³-hybridized carbons (Fsp3) is 0.667. The van der Waals surface area contributed by atoms with Crippen molar-refractivity contribution in [3.8, 4) is 0 Å². The zero-order valence-electron chi connectivity index (χ0n) is 8.64. The Bertz CT molecular complexity index is 374. The first-order chi connectivity index (χ1) is 7.70. The van der Waals surface area contributed by atoms with Gasteiger partial charge in [-0.2, -0.15) is 4.98 Å². The van der Waals surface area contributed by atoms with Crippen molar-refractivity contribution in [2.45, 2.75) is 25.8 Å². The van der Waals surface area contributed by atoms with E-state index in [1.165, 1.54) is 0 Å². The van der Waals surface area contributed by atoms with Gasteiger partial charge in [-0.3, -0.25) is 4.79 Å². The molecule has 0 spiro atoms. The third-order valence-electron chi connectivity index (χ3n) is 2.49. The lowest BCUT2D eigenvalue weighted by atomic mass is 10.4. The van der Waals surface area contributed by atoms with Gasteiger partial charge in [0.25, 0.3) is 6.43 Å². The molecule has 0 radical (unpaired) electrons. The second kappa shape index (κ2) is 4.54. The summed E-state index contributed by atoms with van der Waals surface area (Å²) in [5.74, 6) is 0.336. The number of aldehydes is 1. The highest BCUT2D eigenvalue weighted by molar-refractivity contribution is 5.69. The van der Waals surface area contributed by atoms with Crippen LogP contribution < -0.4 is 4.90 Å². The molecule has 5 nitrogen and oxygen atoms in total. The van der Waals surface area contributed by atoms with Gasteiger partial charge in [-0.15, -0.1) is 5.10 Å². The van der Waals surface area contributed by atoms with Crippen LogP contribution in [-0.2, 0) is 6.54 Å². The monoisotopic (exact) mass is 230 g/mol. The smallest absolute Gasteiger partial charge is 0.258 e. The van der Waals surface area contributed by atoms with Crippen molar-refractivity contribution in [2.24, 2.45) is 0 Å². The number of aromatic nitrogens is 3. The maximum atomic E-state index is 12.2. The molecule has 0 unspecified atom stereocenters. The summed E-state index contributed by atoms with van der Waals surface area (Å²) in [6, 6.07) is 0. The molecule has 2 rings (SSSR count). The van der Waals surface area contributed by atoms with Crippen molar-refractivity contribution < 1.29 is 13.6 Å². The Morgan fingerprint density at radius 1 is 1.38 bits per heavy atom. The minimum Gasteiger partial charge on any atom is -0.340 e. The summed E-state index contributed by atoms with van der Waals surface area (Å²) in [6.45, 7) is 1.04. The molecule has 1 aliphatic rings. The molecule has 0 atom stereocenters. The van der Waals surface area contributed by atoms with Crippen LogP contribution in [0.2, 0.25) is 0 Å². The summed E-state index contributed by atoms with van der Waals surface area (Å²) in [7, 11) is 0. The Hall–Kier alpha value is -1.53. The molecule has 1 aromatic heterocycles. The van der Waals surface area contributed by atoms with E-state index in [9.17, 15) is 13.6 Å². The van der Waals surface area contributed by atoms with Gasteiger partial charge in [0.05, 0.1) is 0 Å². The summed E-state index contributed by atoms with van der Waals surface area (Å²) in [6.07, 6.45) is 0.000936. The second-order valence-electron chi connectivity index (χ2n) is 3.66. The Morgan fingerprint density at radius 3 is 2.62 bits per heavy atom. The highest BCUT2D eigenvalue weighted by Gasteiger charge is 2.20. The Labute approximate surface area is 91.1 Å². The van der Waals surface area contributed by atoms with Gasteiger partial charge in [0.1, 0.15) is 6.54 Å². The number of carbonyl (C=O) groups is 1. The van der Waals surface area contributed by atoms with Crippen LogP contribution in [0.5, 0.6) is 0 Å². The topological polar surface area (TPSA) is 51.0 Å². The molecule has 0 saturated carbocycles. The number of hydrogen-bond acceptors (Lipinski definition) is 4. The van der Waals surface area contributed by atoms with Gasteiger partial charge >= 0.3 is 0 Å². The van der Waals surface area contributed by atoms with Crippen LogP contribution >= 0.6 is 0 Å². The number of halogens is 2. The molecule has 0 bridgehead atoms. The van der Waals surface area contributed by atoms with E-state index in [4.69, 9.17) is 0 Å². The lowest BCUT2D eigenvalue weighted by Crippen LogP contribution is -2.19. The normalized spacial score (nSPS) is 16.1. The first-order valence-corrected chi connectivity index (χ1v) is 5.14. The average Bonchev–Trinajstić information content (AvgIpc) is 2.83. The fourth-order valence-electron chi connectivity index (χ4n) is 1.75. The van der Waals surface area contributed by atoms with Crippen molar-refractivity contribution in [2.75, 3.05) is 18.0 Å². The lowest BCUT2D eigenvalue weighted by Gasteiger charge is -2.10. The Balaban J connectivity index is 2.20. The van der Waals surface area contributed by atoms with E-state index >= 15 is 0 Å². The number of hydrogen-bond donors (Lipinski definition) is 0. The first kappa shape index (κ1) is 11.0. The summed E-state index contributed by atoms with van der Waals surface area (Å²) in [5.41, 5.74) is 0. The molecule has 2 heterocycles. The van der Waals surface area contributed by atoms with Crippen molar-refractivity contribution in [3.63, 3.8) is 0 Å². The maximum absolute atomic E-state index is 12.2. The standard InChI is InChI=1S/C9H12F2N4O/c10-7(11)5-15-8(6-16)12-9(13-15)14-3-1-2-4-14/h6-7H,1-5H2. The van der Waals surface area contributed by atoms with Gasteiger partial charge in [0.2, 0.25) is 5.95 Å². The second-order valence-corrected chi connectivity index (χ2v) is 3.66. The van der Waals surface area contributed by atoms with Crippen molar-refractivity contribution in [3.05, 3.63) is 5.82 Å². The largest absolute Gasteiger partial charge is 0.340 e. The third kappa shape index (κ3) is 2.17. The fourth-order valence-corrected chi connectivity index (χ4v) is 1.75. The predicted octanol–water partition coefficient (Wildman–Crippen LogP) is 0.956. The van der Waals surface area contributed by atoms with Crippen LogP contribution in [0.25, 0.3) is 0 Å². The Morgan fingerprint density at radius 2 is 2.06 bits per heavy atom. The molecule has 1 aromatic rings. The SMILES string of the molecule is O=Cc1nc(N2CCCC2)nn1CC(F)F.